The van der Waals surface area contributed by atoms with Gasteiger partial charge in [0, 0.05) is 13.1 Å². The standard InChI is InChI=1S/C23H22Cl2N2S/c1-17(20-10-6-3-7-11-20)26-23(28)27(15-18-8-4-2-5-9-18)16-19-12-13-21(24)22(25)14-19/h2-14,17H,15-16H2,1H3,(H,26,28)/t17-/m0/s1. The zero-order chi connectivity index (χ0) is 19.9. The highest BCUT2D eigenvalue weighted by Crippen LogP contribution is 2.24. The molecule has 0 radical (unpaired) electrons. The fourth-order valence-electron chi connectivity index (χ4n) is 2.96. The van der Waals surface area contributed by atoms with Gasteiger partial charge >= 0.3 is 0 Å². The number of hydrogen-bond donors (Lipinski definition) is 1. The molecule has 144 valence electrons. The molecule has 0 heterocycles. The molecular weight excluding hydrogens is 407 g/mol. The smallest absolute Gasteiger partial charge is 0.170 e. The monoisotopic (exact) mass is 428 g/mol. The quantitative estimate of drug-likeness (QED) is 0.443. The van der Waals surface area contributed by atoms with Gasteiger partial charge in [-0.05, 0) is 48.0 Å². The molecule has 2 nitrogen and oxygen atoms in total. The Bertz CT molecular complexity index is 916. The van der Waals surface area contributed by atoms with E-state index in [4.69, 9.17) is 35.4 Å². The fraction of sp³-hybridized carbons (Fsp3) is 0.174. The number of nitrogens with one attached hydrogen (secondary N) is 1. The van der Waals surface area contributed by atoms with Crippen molar-refractivity contribution in [2.75, 3.05) is 0 Å². The van der Waals surface area contributed by atoms with E-state index in [1.807, 2.05) is 54.6 Å². The zero-order valence-corrected chi connectivity index (χ0v) is 17.9. The molecule has 0 spiro atoms. The van der Waals surface area contributed by atoms with E-state index in [0.29, 0.717) is 28.2 Å². The highest BCUT2D eigenvalue weighted by molar-refractivity contribution is 7.80. The second-order valence-electron chi connectivity index (χ2n) is 6.67. The molecule has 0 saturated heterocycles. The van der Waals surface area contributed by atoms with Crippen molar-refractivity contribution in [1.29, 1.82) is 0 Å². The molecule has 0 unspecified atom stereocenters. The van der Waals surface area contributed by atoms with Crippen molar-refractivity contribution in [2.24, 2.45) is 0 Å². The lowest BCUT2D eigenvalue weighted by atomic mass is 10.1. The minimum absolute atomic E-state index is 0.112. The van der Waals surface area contributed by atoms with Gasteiger partial charge in [-0.25, -0.2) is 0 Å². The van der Waals surface area contributed by atoms with Crippen LogP contribution in [-0.2, 0) is 13.1 Å². The average Bonchev–Trinajstić information content (AvgIpc) is 2.71. The van der Waals surface area contributed by atoms with Crippen LogP contribution in [0.15, 0.2) is 78.9 Å². The molecule has 0 aromatic heterocycles. The summed E-state index contributed by atoms with van der Waals surface area (Å²) in [5.41, 5.74) is 3.44. The first-order valence-corrected chi connectivity index (χ1v) is 10.3. The number of nitrogens with zero attached hydrogens (tertiary/aromatic N) is 1. The maximum atomic E-state index is 6.20. The van der Waals surface area contributed by atoms with Crippen molar-refractivity contribution < 1.29 is 0 Å². The summed E-state index contributed by atoms with van der Waals surface area (Å²) in [7, 11) is 0. The van der Waals surface area contributed by atoms with Crippen molar-refractivity contribution in [2.45, 2.75) is 26.1 Å². The van der Waals surface area contributed by atoms with Gasteiger partial charge < -0.3 is 10.2 Å². The third kappa shape index (κ3) is 5.71. The van der Waals surface area contributed by atoms with Crippen LogP contribution in [0.2, 0.25) is 10.0 Å². The van der Waals surface area contributed by atoms with Crippen molar-refractivity contribution >= 4 is 40.5 Å². The highest BCUT2D eigenvalue weighted by Gasteiger charge is 2.15. The first-order valence-electron chi connectivity index (χ1n) is 9.11. The first kappa shape index (κ1) is 20.7. The Balaban J connectivity index is 1.78. The maximum absolute atomic E-state index is 6.20. The predicted octanol–water partition coefficient (Wildman–Crippen LogP) is 6.63. The van der Waals surface area contributed by atoms with Gasteiger partial charge in [-0.1, -0.05) is 89.9 Å². The molecule has 28 heavy (non-hydrogen) atoms. The molecule has 1 atom stereocenters. The van der Waals surface area contributed by atoms with Gasteiger partial charge in [0.25, 0.3) is 0 Å². The molecule has 5 heteroatoms. The summed E-state index contributed by atoms with van der Waals surface area (Å²) in [6.45, 7) is 3.45. The average molecular weight is 429 g/mol. The van der Waals surface area contributed by atoms with E-state index in [0.717, 1.165) is 5.56 Å². The van der Waals surface area contributed by atoms with Crippen LogP contribution in [0.5, 0.6) is 0 Å². The van der Waals surface area contributed by atoms with E-state index in [-0.39, 0.29) is 6.04 Å². The Morgan fingerprint density at radius 3 is 2.11 bits per heavy atom. The molecule has 1 N–H and O–H groups in total. The maximum Gasteiger partial charge on any atom is 0.170 e. The molecule has 3 aromatic rings. The summed E-state index contributed by atoms with van der Waals surface area (Å²) >= 11 is 18.0. The lowest BCUT2D eigenvalue weighted by Crippen LogP contribution is -2.40. The van der Waals surface area contributed by atoms with Gasteiger partial charge in [0.05, 0.1) is 16.1 Å². The normalized spacial score (nSPS) is 11.7. The summed E-state index contributed by atoms with van der Waals surface area (Å²) in [6, 6.07) is 26.4. The minimum Gasteiger partial charge on any atom is -0.356 e. The van der Waals surface area contributed by atoms with Gasteiger partial charge in [0.1, 0.15) is 0 Å². The molecule has 0 aliphatic rings. The molecule has 0 bridgehead atoms. The van der Waals surface area contributed by atoms with Crippen LogP contribution in [0.25, 0.3) is 0 Å². The molecule has 0 aliphatic heterocycles. The summed E-state index contributed by atoms with van der Waals surface area (Å²) in [4.78, 5) is 2.14. The third-order valence-electron chi connectivity index (χ3n) is 4.50. The van der Waals surface area contributed by atoms with E-state index in [2.05, 4.69) is 41.4 Å². The first-order chi connectivity index (χ1) is 13.5. The zero-order valence-electron chi connectivity index (χ0n) is 15.6. The minimum atomic E-state index is 0.112. The Hall–Kier alpha value is -2.07. The number of hydrogen-bond acceptors (Lipinski definition) is 1. The lowest BCUT2D eigenvalue weighted by Gasteiger charge is -2.28. The molecule has 0 aliphatic carbocycles. The van der Waals surface area contributed by atoms with Crippen molar-refractivity contribution in [3.63, 3.8) is 0 Å². The fourth-order valence-corrected chi connectivity index (χ4v) is 3.59. The van der Waals surface area contributed by atoms with Gasteiger partial charge in [-0.15, -0.1) is 0 Å². The summed E-state index contributed by atoms with van der Waals surface area (Å²) in [5, 5.41) is 5.27. The van der Waals surface area contributed by atoms with Gasteiger partial charge in [0.2, 0.25) is 0 Å². The van der Waals surface area contributed by atoms with E-state index >= 15 is 0 Å². The van der Waals surface area contributed by atoms with E-state index < -0.39 is 0 Å². The lowest BCUT2D eigenvalue weighted by molar-refractivity contribution is 0.393. The highest BCUT2D eigenvalue weighted by atomic mass is 35.5. The van der Waals surface area contributed by atoms with E-state index in [1.54, 1.807) is 0 Å². The third-order valence-corrected chi connectivity index (χ3v) is 5.62. The van der Waals surface area contributed by atoms with Crippen LogP contribution in [0.3, 0.4) is 0 Å². The molecular formula is C23H22Cl2N2S. The SMILES string of the molecule is C[C@H](NC(=S)N(Cc1ccccc1)Cc1ccc(Cl)c(Cl)c1)c1ccccc1. The largest absolute Gasteiger partial charge is 0.356 e. The Labute approximate surface area is 182 Å². The molecule has 0 amide bonds. The topological polar surface area (TPSA) is 15.3 Å². The van der Waals surface area contributed by atoms with Crippen molar-refractivity contribution in [3.8, 4) is 0 Å². The van der Waals surface area contributed by atoms with Gasteiger partial charge in [-0.2, -0.15) is 0 Å². The Kier molecular flexibility index (Phi) is 7.32. The summed E-state index contributed by atoms with van der Waals surface area (Å²) in [5.74, 6) is 0. The van der Waals surface area contributed by atoms with E-state index in [9.17, 15) is 0 Å². The van der Waals surface area contributed by atoms with Crippen molar-refractivity contribution in [3.05, 3.63) is 106 Å². The van der Waals surface area contributed by atoms with E-state index in [1.165, 1.54) is 11.1 Å². The number of halogens is 2. The number of benzene rings is 3. The van der Waals surface area contributed by atoms with Crippen molar-refractivity contribution in [1.82, 2.24) is 10.2 Å². The van der Waals surface area contributed by atoms with Crippen LogP contribution < -0.4 is 5.32 Å². The van der Waals surface area contributed by atoms with Crippen LogP contribution >= 0.6 is 35.4 Å². The van der Waals surface area contributed by atoms with Crippen LogP contribution in [0, 0.1) is 0 Å². The predicted molar refractivity (Wildman–Crippen MR) is 123 cm³/mol. The molecule has 3 aromatic carbocycles. The van der Waals surface area contributed by atoms with Crippen LogP contribution in [0.4, 0.5) is 0 Å². The van der Waals surface area contributed by atoms with Crippen LogP contribution in [0.1, 0.15) is 29.7 Å². The number of rotatable bonds is 6. The molecule has 0 fully saturated rings. The molecule has 0 saturated carbocycles. The second kappa shape index (κ2) is 9.92. The van der Waals surface area contributed by atoms with Crippen LogP contribution in [-0.4, -0.2) is 10.0 Å². The Morgan fingerprint density at radius 2 is 1.46 bits per heavy atom. The number of thiocarbonyl (C=S) groups is 1. The second-order valence-corrected chi connectivity index (χ2v) is 7.87. The summed E-state index contributed by atoms with van der Waals surface area (Å²) in [6.07, 6.45) is 0. The summed E-state index contributed by atoms with van der Waals surface area (Å²) < 4.78 is 0. The Morgan fingerprint density at radius 1 is 0.857 bits per heavy atom. The van der Waals surface area contributed by atoms with Gasteiger partial charge in [-0.3, -0.25) is 0 Å². The van der Waals surface area contributed by atoms with Gasteiger partial charge in [0.15, 0.2) is 5.11 Å². The molecule has 3 rings (SSSR count).